The molecule has 1 aromatic heterocycles. The number of anilines is 1. The van der Waals surface area contributed by atoms with Gasteiger partial charge in [-0.05, 0) is 36.6 Å². The predicted molar refractivity (Wildman–Crippen MR) is 86.3 cm³/mol. The van der Waals surface area contributed by atoms with Gasteiger partial charge in [-0.3, -0.25) is 4.68 Å². The topological polar surface area (TPSA) is 39.1 Å². The number of nitrogens with one attached hydrogen (secondary N) is 1. The molecule has 0 saturated heterocycles. The molecule has 114 valence electrons. The quantitative estimate of drug-likeness (QED) is 0.797. The minimum Gasteiger partial charge on any atom is -0.380 e. The summed E-state index contributed by atoms with van der Waals surface area (Å²) < 4.78 is 7.24. The van der Waals surface area contributed by atoms with Gasteiger partial charge in [-0.25, -0.2) is 0 Å². The fourth-order valence-corrected chi connectivity index (χ4v) is 2.47. The summed E-state index contributed by atoms with van der Waals surface area (Å²) in [6.45, 7) is 5.78. The van der Waals surface area contributed by atoms with Gasteiger partial charge in [0.1, 0.15) is 0 Å². The molecule has 0 amide bonds. The van der Waals surface area contributed by atoms with Gasteiger partial charge in [-0.1, -0.05) is 26.0 Å². The van der Waals surface area contributed by atoms with Crippen LogP contribution in [0.25, 0.3) is 0 Å². The standard InChI is InChI=1S/C17H25N3O/c1-4-17(5-2)20-10-9-16(19-20)12-18-15-8-6-7-14(11-15)13-21-3/h6-11,17-18H,4-5,12-13H2,1-3H3. The molecule has 2 rings (SSSR count). The van der Waals surface area contributed by atoms with Gasteiger partial charge < -0.3 is 10.1 Å². The van der Waals surface area contributed by atoms with E-state index in [1.54, 1.807) is 7.11 Å². The molecule has 0 spiro atoms. The van der Waals surface area contributed by atoms with Gasteiger partial charge in [0.2, 0.25) is 0 Å². The highest BCUT2D eigenvalue weighted by molar-refractivity contribution is 5.45. The minimum atomic E-state index is 0.504. The Morgan fingerprint density at radius 3 is 2.76 bits per heavy atom. The Labute approximate surface area is 127 Å². The molecule has 0 saturated carbocycles. The fourth-order valence-electron chi connectivity index (χ4n) is 2.47. The van der Waals surface area contributed by atoms with Crippen LogP contribution in [0, 0.1) is 0 Å². The second kappa shape index (κ2) is 7.84. The third-order valence-electron chi connectivity index (χ3n) is 3.69. The Morgan fingerprint density at radius 2 is 2.05 bits per heavy atom. The number of hydrogen-bond donors (Lipinski definition) is 1. The van der Waals surface area contributed by atoms with Gasteiger partial charge in [-0.2, -0.15) is 5.10 Å². The Morgan fingerprint density at radius 1 is 1.24 bits per heavy atom. The average Bonchev–Trinajstić information content (AvgIpc) is 2.96. The van der Waals surface area contributed by atoms with E-state index in [4.69, 9.17) is 4.74 Å². The molecule has 1 heterocycles. The van der Waals surface area contributed by atoms with Crippen molar-refractivity contribution in [1.29, 1.82) is 0 Å². The van der Waals surface area contributed by atoms with Crippen molar-refractivity contribution in [3.8, 4) is 0 Å². The second-order valence-corrected chi connectivity index (χ2v) is 5.24. The zero-order valence-electron chi connectivity index (χ0n) is 13.2. The third kappa shape index (κ3) is 4.33. The van der Waals surface area contributed by atoms with E-state index in [1.165, 1.54) is 5.56 Å². The van der Waals surface area contributed by atoms with Crippen LogP contribution in [0.1, 0.15) is 44.0 Å². The molecule has 2 aromatic rings. The zero-order chi connectivity index (χ0) is 15.1. The molecule has 21 heavy (non-hydrogen) atoms. The van der Waals surface area contributed by atoms with Gasteiger partial charge in [0.05, 0.1) is 24.9 Å². The van der Waals surface area contributed by atoms with Gasteiger partial charge >= 0.3 is 0 Å². The van der Waals surface area contributed by atoms with E-state index in [1.807, 2.05) is 6.07 Å². The summed E-state index contributed by atoms with van der Waals surface area (Å²) >= 11 is 0. The molecule has 0 unspecified atom stereocenters. The van der Waals surface area contributed by atoms with Crippen molar-refractivity contribution in [3.63, 3.8) is 0 Å². The van der Waals surface area contributed by atoms with E-state index < -0.39 is 0 Å². The summed E-state index contributed by atoms with van der Waals surface area (Å²) in [6.07, 6.45) is 4.31. The van der Waals surface area contributed by atoms with Crippen molar-refractivity contribution in [2.24, 2.45) is 0 Å². The van der Waals surface area contributed by atoms with E-state index >= 15 is 0 Å². The van der Waals surface area contributed by atoms with Crippen LogP contribution in [-0.4, -0.2) is 16.9 Å². The van der Waals surface area contributed by atoms with Crippen LogP contribution in [0.3, 0.4) is 0 Å². The molecule has 0 radical (unpaired) electrons. The van der Waals surface area contributed by atoms with E-state index in [0.29, 0.717) is 12.6 Å². The smallest absolute Gasteiger partial charge is 0.0815 e. The largest absolute Gasteiger partial charge is 0.380 e. The van der Waals surface area contributed by atoms with Crippen molar-refractivity contribution < 1.29 is 4.74 Å². The monoisotopic (exact) mass is 287 g/mol. The Bertz CT molecular complexity index is 546. The molecule has 1 N–H and O–H groups in total. The van der Waals surface area contributed by atoms with E-state index in [9.17, 15) is 0 Å². The highest BCUT2D eigenvalue weighted by Crippen LogP contribution is 2.16. The molecule has 4 heteroatoms. The van der Waals surface area contributed by atoms with Crippen LogP contribution in [0.2, 0.25) is 0 Å². The molecule has 1 aromatic carbocycles. The number of nitrogens with zero attached hydrogens (tertiary/aromatic N) is 2. The molecule has 0 aliphatic rings. The summed E-state index contributed by atoms with van der Waals surface area (Å²) in [4.78, 5) is 0. The first-order chi connectivity index (χ1) is 10.3. The fraction of sp³-hybridized carbons (Fsp3) is 0.471. The number of hydrogen-bond acceptors (Lipinski definition) is 3. The lowest BCUT2D eigenvalue weighted by Gasteiger charge is -2.12. The van der Waals surface area contributed by atoms with E-state index in [2.05, 4.69) is 59.4 Å². The number of aromatic nitrogens is 2. The highest BCUT2D eigenvalue weighted by Gasteiger charge is 2.07. The van der Waals surface area contributed by atoms with Crippen molar-refractivity contribution in [2.45, 2.75) is 45.9 Å². The summed E-state index contributed by atoms with van der Waals surface area (Å²) in [6, 6.07) is 10.9. The number of ether oxygens (including phenoxy) is 1. The summed E-state index contributed by atoms with van der Waals surface area (Å²) in [5.74, 6) is 0. The maximum absolute atomic E-state index is 5.16. The SMILES string of the molecule is CCC(CC)n1ccc(CNc2cccc(COC)c2)n1. The molecule has 0 bridgehead atoms. The molecular weight excluding hydrogens is 262 g/mol. The van der Waals surface area contributed by atoms with Gasteiger partial charge in [0, 0.05) is 19.0 Å². The summed E-state index contributed by atoms with van der Waals surface area (Å²) in [7, 11) is 1.71. The van der Waals surface area contributed by atoms with Crippen LogP contribution in [0.15, 0.2) is 36.5 Å². The van der Waals surface area contributed by atoms with Crippen molar-refractivity contribution >= 4 is 5.69 Å². The molecule has 0 aliphatic heterocycles. The maximum Gasteiger partial charge on any atom is 0.0815 e. The van der Waals surface area contributed by atoms with Crippen LogP contribution in [-0.2, 0) is 17.9 Å². The summed E-state index contributed by atoms with van der Waals surface area (Å²) in [5, 5.41) is 8.07. The second-order valence-electron chi connectivity index (χ2n) is 5.24. The lowest BCUT2D eigenvalue weighted by atomic mass is 10.2. The first-order valence-electron chi connectivity index (χ1n) is 7.62. The average molecular weight is 287 g/mol. The Kier molecular flexibility index (Phi) is 5.81. The number of rotatable bonds is 8. The van der Waals surface area contributed by atoms with Crippen molar-refractivity contribution in [2.75, 3.05) is 12.4 Å². The zero-order valence-corrected chi connectivity index (χ0v) is 13.2. The van der Waals surface area contributed by atoms with Crippen LogP contribution >= 0.6 is 0 Å². The maximum atomic E-state index is 5.16. The Balaban J connectivity index is 1.95. The Hall–Kier alpha value is -1.81. The van der Waals surface area contributed by atoms with E-state index in [0.717, 1.165) is 30.8 Å². The molecule has 4 nitrogen and oxygen atoms in total. The lowest BCUT2D eigenvalue weighted by Crippen LogP contribution is -2.09. The van der Waals surface area contributed by atoms with Gasteiger partial charge in [-0.15, -0.1) is 0 Å². The summed E-state index contributed by atoms with van der Waals surface area (Å²) in [5.41, 5.74) is 3.34. The van der Waals surface area contributed by atoms with E-state index in [-0.39, 0.29) is 0 Å². The normalized spacial score (nSPS) is 11.0. The minimum absolute atomic E-state index is 0.504. The van der Waals surface area contributed by atoms with Crippen molar-refractivity contribution in [1.82, 2.24) is 9.78 Å². The lowest BCUT2D eigenvalue weighted by molar-refractivity contribution is 0.185. The van der Waals surface area contributed by atoms with Crippen LogP contribution in [0.5, 0.6) is 0 Å². The molecular formula is C17H25N3O. The van der Waals surface area contributed by atoms with Gasteiger partial charge in [0.25, 0.3) is 0 Å². The van der Waals surface area contributed by atoms with Gasteiger partial charge in [0.15, 0.2) is 0 Å². The molecule has 0 fully saturated rings. The molecule has 0 aliphatic carbocycles. The third-order valence-corrected chi connectivity index (χ3v) is 3.69. The van der Waals surface area contributed by atoms with Crippen molar-refractivity contribution in [3.05, 3.63) is 47.8 Å². The highest BCUT2D eigenvalue weighted by atomic mass is 16.5. The first-order valence-corrected chi connectivity index (χ1v) is 7.62. The van der Waals surface area contributed by atoms with Crippen LogP contribution < -0.4 is 5.32 Å². The van der Waals surface area contributed by atoms with Crippen LogP contribution in [0.4, 0.5) is 5.69 Å². The molecule has 0 atom stereocenters. The predicted octanol–water partition coefficient (Wildman–Crippen LogP) is 4.00. The number of methoxy groups -OCH3 is 1. The first kappa shape index (κ1) is 15.6. The number of benzene rings is 1.